The molecule has 0 aromatic heterocycles. The summed E-state index contributed by atoms with van der Waals surface area (Å²) in [5.41, 5.74) is 2.78. The number of allylic oxidation sites excluding steroid dienone is 1. The zero-order chi connectivity index (χ0) is 20.4. The molecular formula is C24H19FO4. The van der Waals surface area contributed by atoms with Gasteiger partial charge in [-0.3, -0.25) is 4.79 Å². The van der Waals surface area contributed by atoms with Crippen LogP contribution in [-0.2, 0) is 6.61 Å². The first-order chi connectivity index (χ1) is 14.0. The summed E-state index contributed by atoms with van der Waals surface area (Å²) in [5.74, 6) is 1.47. The summed E-state index contributed by atoms with van der Waals surface area (Å²) in [4.78, 5) is 12.6. The maximum absolute atomic E-state index is 13.4. The lowest BCUT2D eigenvalue weighted by Gasteiger charge is -2.12. The molecule has 1 heterocycles. The fourth-order valence-electron chi connectivity index (χ4n) is 3.15. The van der Waals surface area contributed by atoms with E-state index in [1.165, 1.54) is 12.1 Å². The Bertz CT molecular complexity index is 1100. The van der Waals surface area contributed by atoms with Crippen molar-refractivity contribution in [1.29, 1.82) is 0 Å². The van der Waals surface area contributed by atoms with Crippen molar-refractivity contribution in [2.45, 2.75) is 13.5 Å². The fourth-order valence-corrected chi connectivity index (χ4v) is 3.15. The molecule has 0 bridgehead atoms. The van der Waals surface area contributed by atoms with Gasteiger partial charge in [-0.1, -0.05) is 24.3 Å². The van der Waals surface area contributed by atoms with Gasteiger partial charge < -0.3 is 14.2 Å². The zero-order valence-corrected chi connectivity index (χ0v) is 16.1. The van der Waals surface area contributed by atoms with Gasteiger partial charge in [0.05, 0.1) is 12.7 Å². The second-order valence-corrected chi connectivity index (χ2v) is 6.70. The van der Waals surface area contributed by atoms with Crippen LogP contribution in [0.2, 0.25) is 0 Å². The first-order valence-corrected chi connectivity index (χ1v) is 9.14. The number of carbonyl (C=O) groups is 1. The maximum Gasteiger partial charge on any atom is 0.231 e. The Morgan fingerprint density at radius 3 is 2.59 bits per heavy atom. The third-order valence-corrected chi connectivity index (χ3v) is 4.74. The molecule has 0 unspecified atom stereocenters. The average molecular weight is 390 g/mol. The molecule has 0 radical (unpaired) electrons. The Balaban J connectivity index is 1.54. The van der Waals surface area contributed by atoms with Gasteiger partial charge in [-0.15, -0.1) is 0 Å². The SMILES string of the molecule is COc1ccc(COc2ccc3c(c2C)O/C(=C\c2cccc(F)c2)C3=O)cc1. The van der Waals surface area contributed by atoms with Crippen molar-refractivity contribution in [3.05, 3.63) is 94.5 Å². The molecule has 4 rings (SSSR count). The normalized spacial score (nSPS) is 13.9. The Kier molecular flexibility index (Phi) is 5.04. The molecule has 29 heavy (non-hydrogen) atoms. The number of ether oxygens (including phenoxy) is 3. The first-order valence-electron chi connectivity index (χ1n) is 9.14. The van der Waals surface area contributed by atoms with Crippen LogP contribution in [-0.4, -0.2) is 12.9 Å². The fraction of sp³-hybridized carbons (Fsp3) is 0.125. The van der Waals surface area contributed by atoms with Gasteiger partial charge in [0.25, 0.3) is 0 Å². The van der Waals surface area contributed by atoms with Crippen LogP contribution in [0.25, 0.3) is 6.08 Å². The Hall–Kier alpha value is -3.60. The maximum atomic E-state index is 13.4. The number of hydrogen-bond donors (Lipinski definition) is 0. The molecule has 0 saturated heterocycles. The first kappa shape index (κ1) is 18.7. The average Bonchev–Trinajstić information content (AvgIpc) is 3.04. The van der Waals surface area contributed by atoms with E-state index in [0.717, 1.165) is 16.9 Å². The summed E-state index contributed by atoms with van der Waals surface area (Å²) in [7, 11) is 1.62. The van der Waals surface area contributed by atoms with Crippen molar-refractivity contribution in [2.75, 3.05) is 7.11 Å². The minimum absolute atomic E-state index is 0.168. The second kappa shape index (κ2) is 7.80. The van der Waals surface area contributed by atoms with E-state index in [-0.39, 0.29) is 17.4 Å². The van der Waals surface area contributed by atoms with Gasteiger partial charge in [0.15, 0.2) is 5.76 Å². The Morgan fingerprint density at radius 1 is 1.07 bits per heavy atom. The smallest absolute Gasteiger partial charge is 0.231 e. The topological polar surface area (TPSA) is 44.8 Å². The van der Waals surface area contributed by atoms with Gasteiger partial charge in [0.1, 0.15) is 29.7 Å². The van der Waals surface area contributed by atoms with E-state index in [4.69, 9.17) is 14.2 Å². The van der Waals surface area contributed by atoms with E-state index in [1.54, 1.807) is 37.5 Å². The Labute approximate surface area is 168 Å². The molecule has 1 aliphatic rings. The number of fused-ring (bicyclic) bond motifs is 1. The van der Waals surface area contributed by atoms with Gasteiger partial charge in [-0.05, 0) is 60.5 Å². The molecule has 1 aliphatic heterocycles. The molecule has 0 amide bonds. The lowest BCUT2D eigenvalue weighted by atomic mass is 10.1. The lowest BCUT2D eigenvalue weighted by Crippen LogP contribution is -1.98. The molecule has 3 aromatic rings. The van der Waals surface area contributed by atoms with Crippen molar-refractivity contribution < 1.29 is 23.4 Å². The molecular weight excluding hydrogens is 371 g/mol. The molecule has 0 fully saturated rings. The van der Waals surface area contributed by atoms with E-state index in [0.29, 0.717) is 29.2 Å². The third kappa shape index (κ3) is 3.85. The van der Waals surface area contributed by atoms with Crippen LogP contribution in [0.1, 0.15) is 27.0 Å². The van der Waals surface area contributed by atoms with Crippen molar-refractivity contribution in [2.24, 2.45) is 0 Å². The van der Waals surface area contributed by atoms with Crippen molar-refractivity contribution in [1.82, 2.24) is 0 Å². The number of benzene rings is 3. The van der Waals surface area contributed by atoms with E-state index in [2.05, 4.69) is 0 Å². The number of ketones is 1. The standard InChI is InChI=1S/C24H19FO4/c1-15-21(28-14-16-6-8-19(27-2)9-7-16)11-10-20-23(26)22(29-24(15)20)13-17-4-3-5-18(25)12-17/h3-13H,14H2,1-2H3/b22-13-. The van der Waals surface area contributed by atoms with Crippen LogP contribution in [0.5, 0.6) is 17.2 Å². The highest BCUT2D eigenvalue weighted by Gasteiger charge is 2.30. The van der Waals surface area contributed by atoms with Crippen LogP contribution < -0.4 is 14.2 Å². The van der Waals surface area contributed by atoms with Crippen molar-refractivity contribution in [3.8, 4) is 17.2 Å². The summed E-state index contributed by atoms with van der Waals surface area (Å²) in [6.45, 7) is 2.23. The highest BCUT2D eigenvalue weighted by Crippen LogP contribution is 2.39. The number of methoxy groups -OCH3 is 1. The van der Waals surface area contributed by atoms with Gasteiger partial charge >= 0.3 is 0 Å². The van der Waals surface area contributed by atoms with Crippen LogP contribution in [0.4, 0.5) is 4.39 Å². The summed E-state index contributed by atoms with van der Waals surface area (Å²) in [6, 6.07) is 17.1. The van der Waals surface area contributed by atoms with E-state index in [9.17, 15) is 9.18 Å². The largest absolute Gasteiger partial charge is 0.497 e. The summed E-state index contributed by atoms with van der Waals surface area (Å²) >= 11 is 0. The van der Waals surface area contributed by atoms with Crippen LogP contribution >= 0.6 is 0 Å². The minimum atomic E-state index is -0.368. The molecule has 0 N–H and O–H groups in total. The second-order valence-electron chi connectivity index (χ2n) is 6.70. The Morgan fingerprint density at radius 2 is 1.86 bits per heavy atom. The van der Waals surface area contributed by atoms with E-state index in [1.807, 2.05) is 31.2 Å². The van der Waals surface area contributed by atoms with Gasteiger partial charge in [-0.2, -0.15) is 0 Å². The molecule has 4 nitrogen and oxygen atoms in total. The monoisotopic (exact) mass is 390 g/mol. The predicted octanol–water partition coefficient (Wildman–Crippen LogP) is 5.34. The molecule has 0 atom stereocenters. The molecule has 5 heteroatoms. The molecule has 0 spiro atoms. The predicted molar refractivity (Wildman–Crippen MR) is 108 cm³/mol. The van der Waals surface area contributed by atoms with Crippen LogP contribution in [0.3, 0.4) is 0 Å². The minimum Gasteiger partial charge on any atom is -0.497 e. The number of Topliss-reactive ketones (excluding diaryl/α,β-unsaturated/α-hetero) is 1. The lowest BCUT2D eigenvalue weighted by molar-refractivity contribution is 0.101. The number of carbonyl (C=O) groups excluding carboxylic acids is 1. The summed E-state index contributed by atoms with van der Waals surface area (Å²) in [6.07, 6.45) is 1.54. The van der Waals surface area contributed by atoms with Crippen molar-refractivity contribution in [3.63, 3.8) is 0 Å². The molecule has 146 valence electrons. The summed E-state index contributed by atoms with van der Waals surface area (Å²) < 4.78 is 30.3. The van der Waals surface area contributed by atoms with Gasteiger partial charge in [0.2, 0.25) is 5.78 Å². The van der Waals surface area contributed by atoms with E-state index >= 15 is 0 Å². The summed E-state index contributed by atoms with van der Waals surface area (Å²) in [5, 5.41) is 0. The van der Waals surface area contributed by atoms with Crippen molar-refractivity contribution >= 4 is 11.9 Å². The zero-order valence-electron chi connectivity index (χ0n) is 16.1. The van der Waals surface area contributed by atoms with Crippen LogP contribution in [0, 0.1) is 12.7 Å². The molecule has 3 aromatic carbocycles. The van der Waals surface area contributed by atoms with E-state index < -0.39 is 0 Å². The molecule has 0 aliphatic carbocycles. The number of halogens is 1. The highest BCUT2D eigenvalue weighted by atomic mass is 19.1. The third-order valence-electron chi connectivity index (χ3n) is 4.74. The van der Waals surface area contributed by atoms with Gasteiger partial charge in [0, 0.05) is 5.56 Å². The number of hydrogen-bond acceptors (Lipinski definition) is 4. The highest BCUT2D eigenvalue weighted by molar-refractivity contribution is 6.14. The quantitative estimate of drug-likeness (QED) is 0.552. The number of rotatable bonds is 5. The van der Waals surface area contributed by atoms with Crippen LogP contribution in [0.15, 0.2) is 66.4 Å². The molecule has 0 saturated carbocycles. The van der Waals surface area contributed by atoms with Gasteiger partial charge in [-0.25, -0.2) is 4.39 Å².